The van der Waals surface area contributed by atoms with Crippen LogP contribution in [0.2, 0.25) is 0 Å². The van der Waals surface area contributed by atoms with E-state index in [0.717, 1.165) is 8.95 Å². The molecule has 0 saturated carbocycles. The molecule has 0 atom stereocenters. The minimum absolute atomic E-state index is 0.144. The highest BCUT2D eigenvalue weighted by Crippen LogP contribution is 2.28. The maximum Gasteiger partial charge on any atom is 0.295 e. The van der Waals surface area contributed by atoms with Gasteiger partial charge in [0.25, 0.3) is 5.69 Å². The highest BCUT2D eigenvalue weighted by Gasteiger charge is 2.17. The summed E-state index contributed by atoms with van der Waals surface area (Å²) in [6.07, 6.45) is 1.59. The third-order valence-electron chi connectivity index (χ3n) is 2.50. The summed E-state index contributed by atoms with van der Waals surface area (Å²) in [6, 6.07) is 5.50. The van der Waals surface area contributed by atoms with Crippen LogP contribution in [0.3, 0.4) is 0 Å². The van der Waals surface area contributed by atoms with E-state index in [9.17, 15) is 14.5 Å². The average molecular weight is 405 g/mol. The van der Waals surface area contributed by atoms with E-state index >= 15 is 0 Å². The first-order valence-electron chi connectivity index (χ1n) is 5.45. The summed E-state index contributed by atoms with van der Waals surface area (Å²) >= 11 is 6.60. The molecule has 0 spiro atoms. The van der Waals surface area contributed by atoms with Gasteiger partial charge in [0.15, 0.2) is 5.82 Å². The molecule has 1 heterocycles. The minimum atomic E-state index is -0.674. The Morgan fingerprint density at radius 1 is 1.40 bits per heavy atom. The van der Waals surface area contributed by atoms with Crippen molar-refractivity contribution in [1.29, 1.82) is 0 Å². The molecule has 1 aromatic heterocycles. The molecule has 0 aliphatic carbocycles. The first-order valence-corrected chi connectivity index (χ1v) is 7.04. The summed E-state index contributed by atoms with van der Waals surface area (Å²) in [5.41, 5.74) is 0.165. The first kappa shape index (κ1) is 14.9. The Bertz CT molecular complexity index is 667. The largest absolute Gasteiger partial charge is 0.371 e. The van der Waals surface area contributed by atoms with Crippen LogP contribution < -0.4 is 5.32 Å². The molecule has 0 saturated heterocycles. The fraction of sp³-hybridized carbons (Fsp3) is 0.0833. The number of nitro benzene ring substituents is 1. The molecule has 0 aliphatic heterocycles. The maximum atomic E-state index is 13.7. The van der Waals surface area contributed by atoms with Crippen molar-refractivity contribution >= 4 is 43.2 Å². The van der Waals surface area contributed by atoms with Gasteiger partial charge < -0.3 is 5.32 Å². The summed E-state index contributed by atoms with van der Waals surface area (Å²) in [5, 5.41) is 13.6. The van der Waals surface area contributed by atoms with Gasteiger partial charge in [0, 0.05) is 21.2 Å². The van der Waals surface area contributed by atoms with Gasteiger partial charge in [-0.15, -0.1) is 0 Å². The fourth-order valence-corrected chi connectivity index (χ4v) is 2.71. The van der Waals surface area contributed by atoms with Crippen LogP contribution in [0.1, 0.15) is 5.69 Å². The zero-order valence-electron chi connectivity index (χ0n) is 9.94. The van der Waals surface area contributed by atoms with Crippen LogP contribution >= 0.6 is 31.9 Å². The number of hydrogen-bond acceptors (Lipinski definition) is 4. The molecule has 0 radical (unpaired) electrons. The van der Waals surface area contributed by atoms with Crippen molar-refractivity contribution in [2.45, 2.75) is 6.54 Å². The zero-order valence-corrected chi connectivity index (χ0v) is 13.1. The van der Waals surface area contributed by atoms with Gasteiger partial charge in [0.05, 0.1) is 17.2 Å². The fourth-order valence-electron chi connectivity index (χ4n) is 1.58. The molecule has 8 heteroatoms. The molecule has 2 aromatic rings. The molecular weight excluding hydrogens is 397 g/mol. The summed E-state index contributed by atoms with van der Waals surface area (Å²) in [4.78, 5) is 14.4. The predicted octanol–water partition coefficient (Wildman–Crippen LogP) is 4.27. The van der Waals surface area contributed by atoms with E-state index in [1.807, 2.05) is 0 Å². The standard InChI is InChI=1S/C12H8Br2FN3O2/c13-7-4-8(14)10(16-5-7)6-17-12-9(15)2-1-3-11(12)18(19)20/h1-5,17H,6H2. The number of benzene rings is 1. The monoisotopic (exact) mass is 403 g/mol. The summed E-state index contributed by atoms with van der Waals surface area (Å²) in [5.74, 6) is -0.674. The number of halogens is 3. The van der Waals surface area contributed by atoms with E-state index in [2.05, 4.69) is 42.2 Å². The number of nitro groups is 1. The number of para-hydroxylation sites is 1. The number of anilines is 1. The summed E-state index contributed by atoms with van der Waals surface area (Å²) < 4.78 is 15.2. The quantitative estimate of drug-likeness (QED) is 0.610. The maximum absolute atomic E-state index is 13.7. The number of rotatable bonds is 4. The topological polar surface area (TPSA) is 68.1 Å². The first-order chi connectivity index (χ1) is 9.49. The Hall–Kier alpha value is -1.54. The molecule has 20 heavy (non-hydrogen) atoms. The summed E-state index contributed by atoms with van der Waals surface area (Å²) in [7, 11) is 0. The van der Waals surface area contributed by atoms with Crippen molar-refractivity contribution in [2.24, 2.45) is 0 Å². The van der Waals surface area contributed by atoms with Crippen molar-refractivity contribution in [1.82, 2.24) is 4.98 Å². The minimum Gasteiger partial charge on any atom is -0.371 e. The lowest BCUT2D eigenvalue weighted by atomic mass is 10.2. The SMILES string of the molecule is O=[N+]([O-])c1cccc(F)c1NCc1ncc(Br)cc1Br. The molecule has 104 valence electrons. The average Bonchev–Trinajstić information content (AvgIpc) is 2.38. The zero-order chi connectivity index (χ0) is 14.7. The van der Waals surface area contributed by atoms with E-state index in [0.29, 0.717) is 5.69 Å². The normalized spacial score (nSPS) is 10.3. The molecule has 0 unspecified atom stereocenters. The second-order valence-electron chi connectivity index (χ2n) is 3.83. The van der Waals surface area contributed by atoms with Gasteiger partial charge in [-0.2, -0.15) is 0 Å². The van der Waals surface area contributed by atoms with E-state index in [-0.39, 0.29) is 17.9 Å². The van der Waals surface area contributed by atoms with E-state index in [1.165, 1.54) is 18.2 Å². The van der Waals surface area contributed by atoms with E-state index < -0.39 is 10.7 Å². The molecule has 1 N–H and O–H groups in total. The molecular formula is C12H8Br2FN3O2. The molecule has 5 nitrogen and oxygen atoms in total. The Kier molecular flexibility index (Phi) is 4.66. The van der Waals surface area contributed by atoms with Crippen LogP contribution in [0.25, 0.3) is 0 Å². The van der Waals surface area contributed by atoms with Gasteiger partial charge in [0.1, 0.15) is 5.69 Å². The van der Waals surface area contributed by atoms with Crippen molar-refractivity contribution in [3.8, 4) is 0 Å². The molecule has 0 aliphatic rings. The van der Waals surface area contributed by atoms with Crippen molar-refractivity contribution in [3.05, 3.63) is 61.0 Å². The van der Waals surface area contributed by atoms with Gasteiger partial charge in [-0.25, -0.2) is 4.39 Å². The Labute approximate surface area is 130 Å². The number of aromatic nitrogens is 1. The van der Waals surface area contributed by atoms with Gasteiger partial charge in [-0.1, -0.05) is 6.07 Å². The van der Waals surface area contributed by atoms with Crippen LogP contribution in [-0.2, 0) is 6.54 Å². The highest BCUT2D eigenvalue weighted by molar-refractivity contribution is 9.11. The second-order valence-corrected chi connectivity index (χ2v) is 5.60. The van der Waals surface area contributed by atoms with Gasteiger partial charge in [-0.05, 0) is 44.0 Å². The van der Waals surface area contributed by atoms with Gasteiger partial charge in [-0.3, -0.25) is 15.1 Å². The summed E-state index contributed by atoms with van der Waals surface area (Å²) in [6.45, 7) is 0.162. The lowest BCUT2D eigenvalue weighted by Gasteiger charge is -2.09. The number of hydrogen-bond donors (Lipinski definition) is 1. The Morgan fingerprint density at radius 3 is 2.80 bits per heavy atom. The second kappa shape index (κ2) is 6.27. The van der Waals surface area contributed by atoms with Gasteiger partial charge in [0.2, 0.25) is 0 Å². The van der Waals surface area contributed by atoms with Crippen LogP contribution in [0.5, 0.6) is 0 Å². The smallest absolute Gasteiger partial charge is 0.295 e. The van der Waals surface area contributed by atoms with E-state index in [1.54, 1.807) is 12.3 Å². The van der Waals surface area contributed by atoms with Crippen LogP contribution in [-0.4, -0.2) is 9.91 Å². The predicted molar refractivity (Wildman–Crippen MR) is 80.0 cm³/mol. The third kappa shape index (κ3) is 3.31. The number of nitrogens with zero attached hydrogens (tertiary/aromatic N) is 2. The third-order valence-corrected chi connectivity index (χ3v) is 3.63. The van der Waals surface area contributed by atoms with Crippen molar-refractivity contribution in [3.63, 3.8) is 0 Å². The van der Waals surface area contributed by atoms with E-state index in [4.69, 9.17) is 0 Å². The Balaban J connectivity index is 2.25. The molecule has 0 fully saturated rings. The number of pyridine rings is 1. The molecule has 2 rings (SSSR count). The van der Waals surface area contributed by atoms with Crippen LogP contribution in [0, 0.1) is 15.9 Å². The molecule has 0 amide bonds. The molecule has 0 bridgehead atoms. The Morgan fingerprint density at radius 2 is 2.15 bits per heavy atom. The van der Waals surface area contributed by atoms with Crippen LogP contribution in [0.4, 0.5) is 15.8 Å². The van der Waals surface area contributed by atoms with Crippen molar-refractivity contribution in [2.75, 3.05) is 5.32 Å². The lowest BCUT2D eigenvalue weighted by Crippen LogP contribution is -2.06. The number of nitrogens with one attached hydrogen (secondary N) is 1. The van der Waals surface area contributed by atoms with Crippen molar-refractivity contribution < 1.29 is 9.31 Å². The highest BCUT2D eigenvalue weighted by atomic mass is 79.9. The lowest BCUT2D eigenvalue weighted by molar-refractivity contribution is -0.384. The molecule has 1 aromatic carbocycles. The van der Waals surface area contributed by atoms with Gasteiger partial charge >= 0.3 is 0 Å². The van der Waals surface area contributed by atoms with Crippen LogP contribution in [0.15, 0.2) is 39.4 Å².